The van der Waals surface area contributed by atoms with E-state index in [-0.39, 0.29) is 0 Å². The van der Waals surface area contributed by atoms with E-state index in [9.17, 15) is 0 Å². The third kappa shape index (κ3) is 4.09. The minimum Gasteiger partial charge on any atom is -0.485 e. The van der Waals surface area contributed by atoms with E-state index in [1.165, 1.54) is 0 Å². The number of aryl methyl sites for hydroxylation is 1. The van der Waals surface area contributed by atoms with Crippen LogP contribution in [0.15, 0.2) is 72.9 Å². The normalized spacial score (nSPS) is 10.6. The molecule has 0 radical (unpaired) electrons. The number of nitriles is 1. The van der Waals surface area contributed by atoms with Crippen LogP contribution in [-0.4, -0.2) is 4.98 Å². The van der Waals surface area contributed by atoms with Gasteiger partial charge >= 0.3 is 0 Å². The molecule has 0 amide bonds. The zero-order valence-corrected chi connectivity index (χ0v) is 16.3. The lowest BCUT2D eigenvalue weighted by Gasteiger charge is -2.17. The van der Waals surface area contributed by atoms with Crippen molar-refractivity contribution in [3.05, 3.63) is 95.2 Å². The smallest absolute Gasteiger partial charge is 0.165 e. The van der Waals surface area contributed by atoms with Crippen molar-refractivity contribution in [2.75, 3.05) is 0 Å². The van der Waals surface area contributed by atoms with Crippen molar-refractivity contribution in [1.82, 2.24) is 4.98 Å². The highest BCUT2D eigenvalue weighted by atomic mass is 16.5. The number of H-pyrrole nitrogens is 1. The Kier molecular flexibility index (Phi) is 5.49. The number of nitrogens with one attached hydrogen (secondary N) is 1. The summed E-state index contributed by atoms with van der Waals surface area (Å²) < 4.78 is 12.4. The van der Waals surface area contributed by atoms with E-state index in [1.807, 2.05) is 79.9 Å². The first-order valence-electron chi connectivity index (χ1n) is 9.60. The summed E-state index contributed by atoms with van der Waals surface area (Å²) in [5, 5.41) is 10.2. The number of rotatable bonds is 7. The number of ether oxygens (including phenoxy) is 2. The van der Waals surface area contributed by atoms with Crippen molar-refractivity contribution in [3.8, 4) is 17.6 Å². The van der Waals surface area contributed by atoms with Crippen LogP contribution in [0.4, 0.5) is 0 Å². The van der Waals surface area contributed by atoms with Gasteiger partial charge in [-0.25, -0.2) is 0 Å². The summed E-state index contributed by atoms with van der Waals surface area (Å²) in [7, 11) is 0. The molecule has 0 fully saturated rings. The summed E-state index contributed by atoms with van der Waals surface area (Å²) in [6, 6.07) is 24.3. The van der Waals surface area contributed by atoms with E-state index in [1.54, 1.807) is 0 Å². The maximum absolute atomic E-state index is 9.15. The number of benzene rings is 3. The van der Waals surface area contributed by atoms with Gasteiger partial charge in [0, 0.05) is 28.7 Å². The molecular formula is C25H22N2O2. The van der Waals surface area contributed by atoms with E-state index in [2.05, 4.69) is 11.1 Å². The van der Waals surface area contributed by atoms with Crippen LogP contribution in [0.1, 0.15) is 22.3 Å². The maximum Gasteiger partial charge on any atom is 0.165 e. The average molecular weight is 382 g/mol. The highest BCUT2D eigenvalue weighted by Crippen LogP contribution is 2.39. The molecule has 0 spiro atoms. The summed E-state index contributed by atoms with van der Waals surface area (Å²) in [6.45, 7) is 2.93. The Hall–Kier alpha value is -3.71. The van der Waals surface area contributed by atoms with Gasteiger partial charge in [0.2, 0.25) is 0 Å². The van der Waals surface area contributed by atoms with Gasteiger partial charge in [-0.2, -0.15) is 5.26 Å². The van der Waals surface area contributed by atoms with Crippen molar-refractivity contribution in [1.29, 1.82) is 5.26 Å². The fourth-order valence-corrected chi connectivity index (χ4v) is 3.51. The van der Waals surface area contributed by atoms with Gasteiger partial charge in [0.05, 0.1) is 12.5 Å². The van der Waals surface area contributed by atoms with Crippen molar-refractivity contribution >= 4 is 10.9 Å². The zero-order valence-electron chi connectivity index (χ0n) is 16.3. The highest BCUT2D eigenvalue weighted by Gasteiger charge is 2.17. The van der Waals surface area contributed by atoms with Crippen LogP contribution in [0.3, 0.4) is 0 Å². The highest BCUT2D eigenvalue weighted by molar-refractivity contribution is 5.90. The van der Waals surface area contributed by atoms with Crippen molar-refractivity contribution in [3.63, 3.8) is 0 Å². The van der Waals surface area contributed by atoms with Gasteiger partial charge in [0.25, 0.3) is 0 Å². The molecule has 4 aromatic rings. The van der Waals surface area contributed by atoms with E-state index in [4.69, 9.17) is 14.7 Å². The Balaban J connectivity index is 1.70. The Labute approximate surface area is 170 Å². The van der Waals surface area contributed by atoms with Crippen LogP contribution in [0.5, 0.6) is 11.5 Å². The van der Waals surface area contributed by atoms with Gasteiger partial charge in [-0.05, 0) is 23.6 Å². The monoisotopic (exact) mass is 382 g/mol. The summed E-state index contributed by atoms with van der Waals surface area (Å²) in [5.74, 6) is 1.41. The summed E-state index contributed by atoms with van der Waals surface area (Å²) in [4.78, 5) is 3.27. The van der Waals surface area contributed by atoms with Crippen molar-refractivity contribution in [2.24, 2.45) is 0 Å². The van der Waals surface area contributed by atoms with Gasteiger partial charge < -0.3 is 14.5 Å². The Morgan fingerprint density at radius 2 is 1.52 bits per heavy atom. The lowest BCUT2D eigenvalue weighted by atomic mass is 10.0. The number of hydrogen-bond donors (Lipinski definition) is 1. The third-order valence-corrected chi connectivity index (χ3v) is 4.94. The number of fused-ring (bicyclic) bond motifs is 1. The second kappa shape index (κ2) is 8.53. The van der Waals surface area contributed by atoms with Crippen LogP contribution in [-0.2, 0) is 19.6 Å². The molecule has 0 aliphatic heterocycles. The summed E-state index contributed by atoms with van der Waals surface area (Å²) in [6.07, 6.45) is 2.24. The topological polar surface area (TPSA) is 58.0 Å². The minimum absolute atomic E-state index is 0.350. The summed E-state index contributed by atoms with van der Waals surface area (Å²) in [5.41, 5.74) is 5.08. The fraction of sp³-hybridized carbons (Fsp3) is 0.160. The number of hydrogen-bond acceptors (Lipinski definition) is 3. The molecule has 0 unspecified atom stereocenters. The van der Waals surface area contributed by atoms with Gasteiger partial charge in [-0.1, -0.05) is 60.7 Å². The standard InChI is InChI=1S/C25H22N2O2/c1-18-24-21(12-13-26)15-27-22(24)14-23(28-16-19-8-4-2-5-9-19)25(18)29-17-20-10-6-3-7-11-20/h2-11,14-15,27H,12,16-17H2,1H3. The molecule has 144 valence electrons. The predicted molar refractivity (Wildman–Crippen MR) is 114 cm³/mol. The molecule has 0 saturated heterocycles. The van der Waals surface area contributed by atoms with E-state index in [0.29, 0.717) is 25.4 Å². The van der Waals surface area contributed by atoms with Crippen molar-refractivity contribution < 1.29 is 9.47 Å². The molecule has 4 rings (SSSR count). The van der Waals surface area contributed by atoms with Gasteiger partial charge in [0.1, 0.15) is 13.2 Å². The molecule has 1 aromatic heterocycles. The van der Waals surface area contributed by atoms with E-state index >= 15 is 0 Å². The molecule has 0 saturated carbocycles. The lowest BCUT2D eigenvalue weighted by molar-refractivity contribution is 0.255. The maximum atomic E-state index is 9.15. The molecule has 1 heterocycles. The third-order valence-electron chi connectivity index (χ3n) is 4.94. The Morgan fingerprint density at radius 3 is 2.14 bits per heavy atom. The van der Waals surface area contributed by atoms with Gasteiger partial charge in [-0.15, -0.1) is 0 Å². The molecule has 29 heavy (non-hydrogen) atoms. The number of aromatic nitrogens is 1. The Bertz CT molecular complexity index is 1140. The molecule has 1 N–H and O–H groups in total. The first-order chi connectivity index (χ1) is 14.3. The summed E-state index contributed by atoms with van der Waals surface area (Å²) >= 11 is 0. The quantitative estimate of drug-likeness (QED) is 0.446. The molecule has 3 aromatic carbocycles. The minimum atomic E-state index is 0.350. The Morgan fingerprint density at radius 1 is 0.897 bits per heavy atom. The molecule has 4 nitrogen and oxygen atoms in total. The van der Waals surface area contributed by atoms with E-state index < -0.39 is 0 Å². The van der Waals surface area contributed by atoms with Crippen molar-refractivity contribution in [2.45, 2.75) is 26.6 Å². The predicted octanol–water partition coefficient (Wildman–Crippen LogP) is 5.70. The molecule has 4 heteroatoms. The van der Waals surface area contributed by atoms with Crippen LogP contribution < -0.4 is 9.47 Å². The molecule has 0 aliphatic rings. The van der Waals surface area contributed by atoms with Crippen LogP contribution in [0.25, 0.3) is 10.9 Å². The second-order valence-electron chi connectivity index (χ2n) is 6.95. The lowest BCUT2D eigenvalue weighted by Crippen LogP contribution is -2.02. The largest absolute Gasteiger partial charge is 0.485 e. The zero-order chi connectivity index (χ0) is 20.1. The van der Waals surface area contributed by atoms with Crippen LogP contribution >= 0.6 is 0 Å². The second-order valence-corrected chi connectivity index (χ2v) is 6.95. The first-order valence-corrected chi connectivity index (χ1v) is 9.60. The van der Waals surface area contributed by atoms with Crippen LogP contribution in [0, 0.1) is 18.3 Å². The SMILES string of the molecule is Cc1c(OCc2ccccc2)c(OCc2ccccc2)cc2[nH]cc(CC#N)c12. The molecule has 0 aliphatic carbocycles. The van der Waals surface area contributed by atoms with Crippen LogP contribution in [0.2, 0.25) is 0 Å². The molecule has 0 bridgehead atoms. The molecular weight excluding hydrogens is 360 g/mol. The molecule has 0 atom stereocenters. The van der Waals surface area contributed by atoms with E-state index in [0.717, 1.165) is 38.9 Å². The fourth-order valence-electron chi connectivity index (χ4n) is 3.51. The van der Waals surface area contributed by atoms with Gasteiger partial charge in [-0.3, -0.25) is 0 Å². The number of nitrogens with zero attached hydrogens (tertiary/aromatic N) is 1. The van der Waals surface area contributed by atoms with Gasteiger partial charge in [0.15, 0.2) is 11.5 Å². The number of aromatic amines is 1. The average Bonchev–Trinajstić information content (AvgIpc) is 3.16. The first kappa shape index (κ1) is 18.6.